The van der Waals surface area contributed by atoms with Crippen molar-refractivity contribution in [2.75, 3.05) is 5.32 Å². The van der Waals surface area contributed by atoms with Crippen LogP contribution < -0.4 is 10.9 Å². The molecule has 0 atom stereocenters. The summed E-state index contributed by atoms with van der Waals surface area (Å²) < 4.78 is 2.65. The number of amides is 1. The van der Waals surface area contributed by atoms with Gasteiger partial charge in [-0.1, -0.05) is 30.3 Å². The smallest absolute Gasteiger partial charge is 0.285 e. The van der Waals surface area contributed by atoms with Gasteiger partial charge in [-0.25, -0.2) is 4.68 Å². The molecule has 0 bridgehead atoms. The van der Waals surface area contributed by atoms with Gasteiger partial charge in [-0.3, -0.25) is 24.3 Å². The van der Waals surface area contributed by atoms with Gasteiger partial charge in [0, 0.05) is 23.8 Å². The number of benzene rings is 2. The fourth-order valence-electron chi connectivity index (χ4n) is 4.20. The van der Waals surface area contributed by atoms with Crippen LogP contribution in [0.15, 0.2) is 77.7 Å². The number of hydrogen-bond donors (Lipinski definition) is 1. The first-order valence-corrected chi connectivity index (χ1v) is 10.9. The monoisotopic (exact) mass is 455 g/mol. The van der Waals surface area contributed by atoms with E-state index in [-0.39, 0.29) is 12.2 Å². The standard InChI is InChI=1S/C25H21N5O4/c31-24(16-28-15-21(30(33)34)11-12-25(28)32)26-23-14-22(27-29(23)20-7-2-1-3-8-20)19-10-9-17-5-4-6-18(17)13-19/h1-3,7-15H,4-6,16H2,(H,26,31). The number of para-hydroxylation sites is 1. The molecule has 4 aromatic rings. The predicted molar refractivity (Wildman–Crippen MR) is 127 cm³/mol. The second kappa shape index (κ2) is 8.78. The number of nitro groups is 1. The van der Waals surface area contributed by atoms with Crippen LogP contribution in [-0.2, 0) is 24.2 Å². The maximum atomic E-state index is 12.8. The summed E-state index contributed by atoms with van der Waals surface area (Å²) in [7, 11) is 0. The molecule has 2 heterocycles. The summed E-state index contributed by atoms with van der Waals surface area (Å²) in [6.07, 6.45) is 4.35. The van der Waals surface area contributed by atoms with Gasteiger partial charge >= 0.3 is 0 Å². The molecule has 0 spiro atoms. The van der Waals surface area contributed by atoms with Gasteiger partial charge in [-0.15, -0.1) is 0 Å². The zero-order valence-electron chi connectivity index (χ0n) is 18.2. The van der Waals surface area contributed by atoms with Gasteiger partial charge in [0.15, 0.2) is 0 Å². The van der Waals surface area contributed by atoms with E-state index in [1.54, 1.807) is 10.7 Å². The molecule has 170 valence electrons. The average Bonchev–Trinajstić information content (AvgIpc) is 3.47. The van der Waals surface area contributed by atoms with Crippen LogP contribution in [0.4, 0.5) is 11.5 Å². The van der Waals surface area contributed by atoms with Crippen LogP contribution in [-0.4, -0.2) is 25.2 Å². The summed E-state index contributed by atoms with van der Waals surface area (Å²) in [5.41, 5.74) is 4.35. The summed E-state index contributed by atoms with van der Waals surface area (Å²) in [5, 5.41) is 18.6. The molecule has 1 amide bonds. The van der Waals surface area contributed by atoms with Gasteiger partial charge in [-0.2, -0.15) is 5.10 Å². The zero-order valence-corrected chi connectivity index (χ0v) is 18.2. The molecule has 5 rings (SSSR count). The van der Waals surface area contributed by atoms with E-state index in [0.29, 0.717) is 11.5 Å². The molecule has 0 saturated heterocycles. The van der Waals surface area contributed by atoms with E-state index in [0.717, 1.165) is 53.4 Å². The second-order valence-electron chi connectivity index (χ2n) is 8.16. The molecule has 1 aliphatic carbocycles. The fourth-order valence-corrected chi connectivity index (χ4v) is 4.20. The molecule has 1 N–H and O–H groups in total. The molecule has 0 fully saturated rings. The van der Waals surface area contributed by atoms with Crippen molar-refractivity contribution in [1.82, 2.24) is 14.3 Å². The molecule has 9 heteroatoms. The number of carbonyl (C=O) groups is 1. The van der Waals surface area contributed by atoms with Gasteiger partial charge in [0.25, 0.3) is 11.2 Å². The van der Waals surface area contributed by atoms with E-state index in [2.05, 4.69) is 17.4 Å². The van der Waals surface area contributed by atoms with E-state index in [4.69, 9.17) is 5.10 Å². The molecular formula is C25H21N5O4. The van der Waals surface area contributed by atoms with Crippen LogP contribution in [0.3, 0.4) is 0 Å². The van der Waals surface area contributed by atoms with Crippen LogP contribution in [0.2, 0.25) is 0 Å². The van der Waals surface area contributed by atoms with Crippen molar-refractivity contribution in [2.45, 2.75) is 25.8 Å². The summed E-state index contributed by atoms with van der Waals surface area (Å²) in [4.78, 5) is 35.3. The summed E-state index contributed by atoms with van der Waals surface area (Å²) in [5.74, 6) is -0.0645. The SMILES string of the molecule is O=C(Cn1cc([N+](=O)[O-])ccc1=O)Nc1cc(-c2ccc3c(c2)CCC3)nn1-c1ccccc1. The largest absolute Gasteiger partial charge is 0.309 e. The Balaban J connectivity index is 1.47. The van der Waals surface area contributed by atoms with Crippen LogP contribution >= 0.6 is 0 Å². The minimum Gasteiger partial charge on any atom is -0.309 e. The van der Waals surface area contributed by atoms with Crippen LogP contribution in [0.1, 0.15) is 17.5 Å². The third kappa shape index (κ3) is 4.23. The third-order valence-corrected chi connectivity index (χ3v) is 5.86. The molecule has 2 aromatic heterocycles. The number of hydrogen-bond acceptors (Lipinski definition) is 5. The Bertz CT molecular complexity index is 1460. The molecule has 34 heavy (non-hydrogen) atoms. The van der Waals surface area contributed by atoms with E-state index in [1.165, 1.54) is 11.1 Å². The van der Waals surface area contributed by atoms with Crippen LogP contribution in [0.25, 0.3) is 16.9 Å². The van der Waals surface area contributed by atoms with Crippen molar-refractivity contribution < 1.29 is 9.72 Å². The lowest BCUT2D eigenvalue weighted by Crippen LogP contribution is -2.27. The topological polar surface area (TPSA) is 112 Å². The quantitative estimate of drug-likeness (QED) is 0.352. The van der Waals surface area contributed by atoms with Crippen molar-refractivity contribution in [2.24, 2.45) is 0 Å². The van der Waals surface area contributed by atoms with Gasteiger partial charge in [-0.05, 0) is 48.6 Å². The Morgan fingerprint density at radius 3 is 2.62 bits per heavy atom. The van der Waals surface area contributed by atoms with E-state index < -0.39 is 16.4 Å². The lowest BCUT2D eigenvalue weighted by molar-refractivity contribution is -0.385. The fraction of sp³-hybridized carbons (Fsp3) is 0.160. The average molecular weight is 455 g/mol. The first-order valence-electron chi connectivity index (χ1n) is 10.9. The predicted octanol–water partition coefficient (Wildman–Crippen LogP) is 3.74. The van der Waals surface area contributed by atoms with Crippen molar-refractivity contribution in [1.29, 1.82) is 0 Å². The summed E-state index contributed by atoms with van der Waals surface area (Å²) >= 11 is 0. The van der Waals surface area contributed by atoms with Crippen molar-refractivity contribution >= 4 is 17.4 Å². The molecule has 1 aliphatic rings. The van der Waals surface area contributed by atoms with E-state index in [9.17, 15) is 19.7 Å². The highest BCUT2D eigenvalue weighted by Crippen LogP contribution is 2.30. The van der Waals surface area contributed by atoms with E-state index in [1.807, 2.05) is 36.4 Å². The number of anilines is 1. The molecule has 0 aliphatic heterocycles. The maximum Gasteiger partial charge on any atom is 0.285 e. The van der Waals surface area contributed by atoms with Gasteiger partial charge in [0.2, 0.25) is 5.91 Å². The molecule has 9 nitrogen and oxygen atoms in total. The number of nitrogens with zero attached hydrogens (tertiary/aromatic N) is 4. The van der Waals surface area contributed by atoms with Crippen molar-refractivity contribution in [3.8, 4) is 16.9 Å². The number of fused-ring (bicyclic) bond motifs is 1. The van der Waals surface area contributed by atoms with Gasteiger partial charge in [0.05, 0.1) is 22.5 Å². The lowest BCUT2D eigenvalue weighted by atomic mass is 10.0. The Morgan fingerprint density at radius 1 is 1.03 bits per heavy atom. The highest BCUT2D eigenvalue weighted by molar-refractivity contribution is 5.90. The number of nitrogens with one attached hydrogen (secondary N) is 1. The summed E-state index contributed by atoms with van der Waals surface area (Å²) in [6.45, 7) is -0.366. The third-order valence-electron chi connectivity index (χ3n) is 5.86. The number of pyridine rings is 1. The zero-order chi connectivity index (χ0) is 23.7. The highest BCUT2D eigenvalue weighted by atomic mass is 16.6. The minimum atomic E-state index is -0.610. The Hall–Kier alpha value is -4.53. The molecule has 0 saturated carbocycles. The van der Waals surface area contributed by atoms with Gasteiger partial charge in [0.1, 0.15) is 12.4 Å². The van der Waals surface area contributed by atoms with Crippen molar-refractivity contribution in [3.63, 3.8) is 0 Å². The summed E-state index contributed by atoms with van der Waals surface area (Å²) in [6, 6.07) is 19.7. The number of aromatic nitrogens is 3. The van der Waals surface area contributed by atoms with Gasteiger partial charge < -0.3 is 5.32 Å². The van der Waals surface area contributed by atoms with Crippen LogP contribution in [0, 0.1) is 10.1 Å². The van der Waals surface area contributed by atoms with E-state index >= 15 is 0 Å². The number of carbonyl (C=O) groups excluding carboxylic acids is 1. The Kier molecular flexibility index (Phi) is 5.51. The Morgan fingerprint density at radius 2 is 1.82 bits per heavy atom. The molecular weight excluding hydrogens is 434 g/mol. The first-order chi connectivity index (χ1) is 16.5. The molecule has 2 aromatic carbocycles. The Labute approximate surface area is 194 Å². The number of aryl methyl sites for hydroxylation is 2. The first kappa shape index (κ1) is 21.3. The highest BCUT2D eigenvalue weighted by Gasteiger charge is 2.17. The number of rotatable bonds is 6. The minimum absolute atomic E-state index is 0.263. The maximum absolute atomic E-state index is 12.8. The molecule has 0 radical (unpaired) electrons. The second-order valence-corrected chi connectivity index (χ2v) is 8.16. The van der Waals surface area contributed by atoms with Crippen LogP contribution in [0.5, 0.6) is 0 Å². The molecule has 0 unspecified atom stereocenters. The van der Waals surface area contributed by atoms with Crippen molar-refractivity contribution in [3.05, 3.63) is 105 Å². The normalized spacial score (nSPS) is 12.4. The lowest BCUT2D eigenvalue weighted by Gasteiger charge is -2.09.